The highest BCUT2D eigenvalue weighted by molar-refractivity contribution is 7.88. The van der Waals surface area contributed by atoms with Crippen molar-refractivity contribution < 1.29 is 13.2 Å². The van der Waals surface area contributed by atoms with Gasteiger partial charge in [0.2, 0.25) is 15.9 Å². The van der Waals surface area contributed by atoms with Crippen LogP contribution in [0, 0.1) is 0 Å². The van der Waals surface area contributed by atoms with Gasteiger partial charge in [0.15, 0.2) is 0 Å². The van der Waals surface area contributed by atoms with E-state index >= 15 is 0 Å². The van der Waals surface area contributed by atoms with E-state index in [1.54, 1.807) is 19.9 Å². The first-order valence-corrected chi connectivity index (χ1v) is 12.8. The molecule has 32 heavy (non-hydrogen) atoms. The molecule has 1 amide bonds. The van der Waals surface area contributed by atoms with E-state index in [4.69, 9.17) is 0 Å². The highest BCUT2D eigenvalue weighted by Gasteiger charge is 2.20. The molecule has 1 aliphatic heterocycles. The third-order valence-electron chi connectivity index (χ3n) is 5.44. The van der Waals surface area contributed by atoms with Gasteiger partial charge in [-0.05, 0) is 30.5 Å². The van der Waals surface area contributed by atoms with Gasteiger partial charge >= 0.3 is 0 Å². The van der Waals surface area contributed by atoms with Gasteiger partial charge in [-0.2, -0.15) is 0 Å². The van der Waals surface area contributed by atoms with Crippen LogP contribution < -0.4 is 10.0 Å². The normalized spacial score (nSPS) is 15.7. The minimum atomic E-state index is -3.42. The highest BCUT2D eigenvalue weighted by Crippen LogP contribution is 2.13. The average molecular weight is 459 g/mol. The second kappa shape index (κ2) is 11.6. The quantitative estimate of drug-likeness (QED) is 0.569. The first kappa shape index (κ1) is 24.4. The van der Waals surface area contributed by atoms with Crippen molar-refractivity contribution >= 4 is 15.9 Å². The monoisotopic (exact) mass is 458 g/mol. The summed E-state index contributed by atoms with van der Waals surface area (Å²) in [5.41, 5.74) is 2.83. The minimum Gasteiger partial charge on any atom is -0.351 e. The zero-order valence-electron chi connectivity index (χ0n) is 19.0. The van der Waals surface area contributed by atoms with E-state index in [2.05, 4.69) is 44.1 Å². The molecule has 2 aromatic carbocycles. The van der Waals surface area contributed by atoms with E-state index in [9.17, 15) is 13.2 Å². The fourth-order valence-corrected chi connectivity index (χ4v) is 5.37. The van der Waals surface area contributed by atoms with E-state index < -0.39 is 10.0 Å². The Kier molecular flexibility index (Phi) is 8.81. The lowest BCUT2D eigenvalue weighted by Gasteiger charge is -2.34. The number of nitrogens with zero attached hydrogens (tertiary/aromatic N) is 2. The molecule has 2 aromatic rings. The number of hydrogen-bond donors (Lipinski definition) is 2. The molecule has 1 fully saturated rings. The summed E-state index contributed by atoms with van der Waals surface area (Å²) in [7, 11) is -3.42. The molecule has 3 rings (SSSR count). The Hall–Kier alpha value is -2.26. The fraction of sp³-hybridized carbons (Fsp3) is 0.458. The summed E-state index contributed by atoms with van der Waals surface area (Å²) in [5.74, 6) is -0.139. The predicted octanol–water partition coefficient (Wildman–Crippen LogP) is 1.95. The smallest absolute Gasteiger partial charge is 0.234 e. The summed E-state index contributed by atoms with van der Waals surface area (Å²) < 4.78 is 27.2. The first-order chi connectivity index (χ1) is 15.3. The molecule has 1 aliphatic rings. The molecule has 0 atom stereocenters. The standard InChI is InChI=1S/C24H34N4O3S/c1-20(2)26-32(30,31)19-23-11-7-6-10-22(23)16-25-24(29)18-28-14-12-27(13-15-28)17-21-8-4-3-5-9-21/h3-11,20,26H,12-19H2,1-2H3,(H,25,29). The third-order valence-corrected chi connectivity index (χ3v) is 6.96. The number of amides is 1. The highest BCUT2D eigenvalue weighted by atomic mass is 32.2. The van der Waals surface area contributed by atoms with Crippen LogP contribution in [-0.4, -0.2) is 62.9 Å². The topological polar surface area (TPSA) is 81.8 Å². The van der Waals surface area contributed by atoms with E-state index in [-0.39, 0.29) is 17.7 Å². The largest absolute Gasteiger partial charge is 0.351 e. The van der Waals surface area contributed by atoms with Crippen molar-refractivity contribution in [3.63, 3.8) is 0 Å². The van der Waals surface area contributed by atoms with Crippen molar-refractivity contribution in [3.8, 4) is 0 Å². The van der Waals surface area contributed by atoms with Crippen LogP contribution in [0.5, 0.6) is 0 Å². The summed E-state index contributed by atoms with van der Waals surface area (Å²) in [6.07, 6.45) is 0. The lowest BCUT2D eigenvalue weighted by Crippen LogP contribution is -2.49. The molecular weight excluding hydrogens is 424 g/mol. The lowest BCUT2D eigenvalue weighted by atomic mass is 10.1. The van der Waals surface area contributed by atoms with Gasteiger partial charge < -0.3 is 5.32 Å². The number of nitrogens with one attached hydrogen (secondary N) is 2. The van der Waals surface area contributed by atoms with Crippen molar-refractivity contribution in [1.29, 1.82) is 0 Å². The van der Waals surface area contributed by atoms with Crippen molar-refractivity contribution in [2.24, 2.45) is 0 Å². The summed E-state index contributed by atoms with van der Waals surface area (Å²) in [6.45, 7) is 8.79. The molecule has 7 nitrogen and oxygen atoms in total. The Morgan fingerprint density at radius 3 is 2.16 bits per heavy atom. The maximum Gasteiger partial charge on any atom is 0.234 e. The Balaban J connectivity index is 1.45. The maximum atomic E-state index is 12.5. The molecule has 0 saturated carbocycles. The van der Waals surface area contributed by atoms with Crippen LogP contribution in [0.3, 0.4) is 0 Å². The predicted molar refractivity (Wildman–Crippen MR) is 127 cm³/mol. The second-order valence-electron chi connectivity index (χ2n) is 8.61. The average Bonchev–Trinajstić information content (AvgIpc) is 2.74. The van der Waals surface area contributed by atoms with Crippen LogP contribution >= 0.6 is 0 Å². The lowest BCUT2D eigenvalue weighted by molar-refractivity contribution is -0.122. The van der Waals surface area contributed by atoms with Gasteiger partial charge in [0, 0.05) is 45.3 Å². The van der Waals surface area contributed by atoms with Gasteiger partial charge in [-0.3, -0.25) is 14.6 Å². The molecule has 0 spiro atoms. The van der Waals surface area contributed by atoms with E-state index in [1.165, 1.54) is 5.56 Å². The van der Waals surface area contributed by atoms with Crippen LogP contribution in [0.25, 0.3) is 0 Å². The van der Waals surface area contributed by atoms with Crippen LogP contribution in [0.4, 0.5) is 0 Å². The van der Waals surface area contributed by atoms with Crippen LogP contribution in [0.2, 0.25) is 0 Å². The van der Waals surface area contributed by atoms with Crippen LogP contribution in [0.1, 0.15) is 30.5 Å². The Morgan fingerprint density at radius 1 is 0.906 bits per heavy atom. The number of rotatable bonds is 10. The Labute approximate surface area is 191 Å². The molecule has 2 N–H and O–H groups in total. The first-order valence-electron chi connectivity index (χ1n) is 11.1. The number of hydrogen-bond acceptors (Lipinski definition) is 5. The number of sulfonamides is 1. The summed E-state index contributed by atoms with van der Waals surface area (Å²) >= 11 is 0. The van der Waals surface area contributed by atoms with Crippen molar-refractivity contribution in [1.82, 2.24) is 19.8 Å². The van der Waals surface area contributed by atoms with E-state index in [0.29, 0.717) is 18.7 Å². The van der Waals surface area contributed by atoms with Crippen molar-refractivity contribution in [2.75, 3.05) is 32.7 Å². The number of carbonyl (C=O) groups excluding carboxylic acids is 1. The summed E-state index contributed by atoms with van der Waals surface area (Å²) in [6, 6.07) is 17.6. The van der Waals surface area contributed by atoms with Gasteiger partial charge in [-0.25, -0.2) is 13.1 Å². The summed E-state index contributed by atoms with van der Waals surface area (Å²) in [4.78, 5) is 17.1. The number of benzene rings is 2. The van der Waals surface area contributed by atoms with Crippen molar-refractivity contribution in [2.45, 2.75) is 38.7 Å². The zero-order valence-corrected chi connectivity index (χ0v) is 19.8. The molecular formula is C24H34N4O3S. The molecule has 8 heteroatoms. The van der Waals surface area contributed by atoms with E-state index in [1.807, 2.05) is 24.3 Å². The molecule has 1 saturated heterocycles. The molecule has 1 heterocycles. The minimum absolute atomic E-state index is 0.0422. The van der Waals surface area contributed by atoms with Gasteiger partial charge in [-0.15, -0.1) is 0 Å². The number of carbonyl (C=O) groups is 1. The zero-order chi connectivity index (χ0) is 23.0. The Morgan fingerprint density at radius 2 is 1.50 bits per heavy atom. The molecule has 0 aliphatic carbocycles. The maximum absolute atomic E-state index is 12.5. The van der Waals surface area contributed by atoms with Gasteiger partial charge in [0.1, 0.15) is 0 Å². The SMILES string of the molecule is CC(C)NS(=O)(=O)Cc1ccccc1CNC(=O)CN1CCN(Cc2ccccc2)CC1. The van der Waals surface area contributed by atoms with Crippen molar-refractivity contribution in [3.05, 3.63) is 71.3 Å². The molecule has 0 aromatic heterocycles. The molecule has 0 bridgehead atoms. The summed E-state index contributed by atoms with van der Waals surface area (Å²) in [5, 5.41) is 2.95. The van der Waals surface area contributed by atoms with Crippen LogP contribution in [-0.2, 0) is 33.7 Å². The Bertz CT molecular complexity index is 972. The molecule has 0 radical (unpaired) electrons. The molecule has 174 valence electrons. The van der Waals surface area contributed by atoms with Gasteiger partial charge in [0.25, 0.3) is 0 Å². The van der Waals surface area contributed by atoms with Gasteiger partial charge in [0.05, 0.1) is 12.3 Å². The van der Waals surface area contributed by atoms with Gasteiger partial charge in [-0.1, -0.05) is 54.6 Å². The second-order valence-corrected chi connectivity index (χ2v) is 10.4. The number of piperazine rings is 1. The van der Waals surface area contributed by atoms with E-state index in [0.717, 1.165) is 38.3 Å². The molecule has 0 unspecified atom stereocenters. The van der Waals surface area contributed by atoms with Crippen LogP contribution in [0.15, 0.2) is 54.6 Å². The third kappa shape index (κ3) is 8.02. The fourth-order valence-electron chi connectivity index (χ4n) is 3.88.